The standard InChI is InChI=1S/C13H24N2O5/c1-14(8-11(16)9-20-2)13(19)15-5-3-10(4-6-15)7-12(17)18/h10-11,16H,3-9H2,1-2H3,(H,17,18). The zero-order valence-corrected chi connectivity index (χ0v) is 12.1. The van der Waals surface area contributed by atoms with Crippen LogP contribution in [0.25, 0.3) is 0 Å². The van der Waals surface area contributed by atoms with Crippen LogP contribution in [0.15, 0.2) is 0 Å². The highest BCUT2D eigenvalue weighted by Crippen LogP contribution is 2.21. The third-order valence-electron chi connectivity index (χ3n) is 3.52. The van der Waals surface area contributed by atoms with Gasteiger partial charge >= 0.3 is 12.0 Å². The molecule has 0 aromatic heterocycles. The molecule has 1 atom stereocenters. The number of ether oxygens (including phenoxy) is 1. The third kappa shape index (κ3) is 5.34. The first-order chi connectivity index (χ1) is 9.43. The summed E-state index contributed by atoms with van der Waals surface area (Å²) in [6, 6.07) is -0.131. The van der Waals surface area contributed by atoms with Gasteiger partial charge in [0, 0.05) is 33.7 Å². The number of aliphatic hydroxyl groups excluding tert-OH is 1. The van der Waals surface area contributed by atoms with E-state index < -0.39 is 12.1 Å². The Morgan fingerprint density at radius 1 is 1.40 bits per heavy atom. The fraction of sp³-hybridized carbons (Fsp3) is 0.846. The molecule has 116 valence electrons. The molecule has 1 saturated heterocycles. The number of rotatable bonds is 6. The summed E-state index contributed by atoms with van der Waals surface area (Å²) in [7, 11) is 3.14. The summed E-state index contributed by atoms with van der Waals surface area (Å²) in [5.74, 6) is -0.629. The zero-order chi connectivity index (χ0) is 15.1. The molecule has 1 aliphatic rings. The first-order valence-electron chi connectivity index (χ1n) is 6.82. The van der Waals surface area contributed by atoms with Crippen LogP contribution in [-0.4, -0.2) is 78.5 Å². The van der Waals surface area contributed by atoms with Gasteiger partial charge in [-0.25, -0.2) is 4.79 Å². The maximum atomic E-state index is 12.2. The summed E-state index contributed by atoms with van der Waals surface area (Å²) < 4.78 is 4.82. The second kappa shape index (κ2) is 8.06. The predicted molar refractivity (Wildman–Crippen MR) is 72.5 cm³/mol. The van der Waals surface area contributed by atoms with Crippen LogP contribution in [-0.2, 0) is 9.53 Å². The topological polar surface area (TPSA) is 90.3 Å². The van der Waals surface area contributed by atoms with Crippen LogP contribution < -0.4 is 0 Å². The van der Waals surface area contributed by atoms with Gasteiger partial charge in [-0.1, -0.05) is 0 Å². The Balaban J connectivity index is 2.36. The van der Waals surface area contributed by atoms with Crippen molar-refractivity contribution < 1.29 is 24.5 Å². The number of carbonyl (C=O) groups is 2. The van der Waals surface area contributed by atoms with Crippen LogP contribution in [0, 0.1) is 5.92 Å². The molecule has 1 unspecified atom stereocenters. The molecule has 1 rings (SSSR count). The zero-order valence-electron chi connectivity index (χ0n) is 12.1. The summed E-state index contributed by atoms with van der Waals surface area (Å²) in [4.78, 5) is 26.0. The van der Waals surface area contributed by atoms with Crippen molar-refractivity contribution in [3.63, 3.8) is 0 Å². The molecule has 0 saturated carbocycles. The monoisotopic (exact) mass is 288 g/mol. The van der Waals surface area contributed by atoms with Crippen molar-refractivity contribution in [2.45, 2.75) is 25.4 Å². The number of amides is 2. The van der Waals surface area contributed by atoms with Gasteiger partial charge in [-0.05, 0) is 18.8 Å². The minimum atomic E-state index is -0.783. The number of carbonyl (C=O) groups excluding carboxylic acids is 1. The van der Waals surface area contributed by atoms with Gasteiger partial charge < -0.3 is 24.7 Å². The number of carboxylic acid groups (broad SMARTS) is 1. The molecule has 1 heterocycles. The molecule has 1 fully saturated rings. The molecule has 0 aromatic carbocycles. The normalized spacial score (nSPS) is 17.9. The molecule has 7 nitrogen and oxygen atoms in total. The lowest BCUT2D eigenvalue weighted by Gasteiger charge is -2.34. The molecular weight excluding hydrogens is 264 g/mol. The Labute approximate surface area is 119 Å². The smallest absolute Gasteiger partial charge is 0.319 e. The van der Waals surface area contributed by atoms with Crippen molar-refractivity contribution in [1.82, 2.24) is 9.80 Å². The minimum Gasteiger partial charge on any atom is -0.481 e. The van der Waals surface area contributed by atoms with E-state index in [0.29, 0.717) is 25.9 Å². The summed E-state index contributed by atoms with van der Waals surface area (Å²) in [5, 5.41) is 18.4. The number of likely N-dealkylation sites (tertiary alicyclic amines) is 1. The number of aliphatic carboxylic acids is 1. The summed E-state index contributed by atoms with van der Waals surface area (Å²) in [6.07, 6.45) is 0.905. The molecule has 0 bridgehead atoms. The van der Waals surface area contributed by atoms with Crippen LogP contribution in [0.3, 0.4) is 0 Å². The number of nitrogens with zero attached hydrogens (tertiary/aromatic N) is 2. The maximum absolute atomic E-state index is 12.2. The average molecular weight is 288 g/mol. The fourth-order valence-electron chi connectivity index (χ4n) is 2.46. The molecule has 1 aliphatic heterocycles. The van der Waals surface area contributed by atoms with Crippen LogP contribution in [0.5, 0.6) is 0 Å². The number of methoxy groups -OCH3 is 1. The van der Waals surface area contributed by atoms with E-state index in [2.05, 4.69) is 0 Å². The number of hydrogen-bond donors (Lipinski definition) is 2. The highest BCUT2D eigenvalue weighted by atomic mass is 16.5. The minimum absolute atomic E-state index is 0.131. The highest BCUT2D eigenvalue weighted by molar-refractivity contribution is 5.74. The lowest BCUT2D eigenvalue weighted by molar-refractivity contribution is -0.138. The van der Waals surface area contributed by atoms with Crippen molar-refractivity contribution in [3.8, 4) is 0 Å². The average Bonchev–Trinajstić information content (AvgIpc) is 2.38. The molecule has 0 aromatic rings. The van der Waals surface area contributed by atoms with Gasteiger partial charge in [0.15, 0.2) is 0 Å². The van der Waals surface area contributed by atoms with Gasteiger partial charge in [-0.3, -0.25) is 4.79 Å². The van der Waals surface area contributed by atoms with Gasteiger partial charge in [0.05, 0.1) is 19.3 Å². The Kier molecular flexibility index (Phi) is 6.74. The quantitative estimate of drug-likeness (QED) is 0.730. The van der Waals surface area contributed by atoms with E-state index in [1.165, 1.54) is 12.0 Å². The van der Waals surface area contributed by atoms with Crippen LogP contribution in [0.2, 0.25) is 0 Å². The first kappa shape index (κ1) is 16.7. The largest absolute Gasteiger partial charge is 0.481 e. The number of piperidine rings is 1. The maximum Gasteiger partial charge on any atom is 0.319 e. The lowest BCUT2D eigenvalue weighted by Crippen LogP contribution is -2.47. The van der Waals surface area contributed by atoms with Crippen molar-refractivity contribution >= 4 is 12.0 Å². The van der Waals surface area contributed by atoms with Gasteiger partial charge in [0.1, 0.15) is 0 Å². The van der Waals surface area contributed by atoms with Crippen molar-refractivity contribution in [1.29, 1.82) is 0 Å². The molecule has 0 radical (unpaired) electrons. The number of hydrogen-bond acceptors (Lipinski definition) is 4. The van der Waals surface area contributed by atoms with Crippen LogP contribution in [0.4, 0.5) is 4.79 Å². The van der Waals surface area contributed by atoms with E-state index in [4.69, 9.17) is 9.84 Å². The van der Waals surface area contributed by atoms with Gasteiger partial charge in [-0.2, -0.15) is 0 Å². The van der Waals surface area contributed by atoms with E-state index in [-0.39, 0.29) is 31.5 Å². The molecule has 0 aliphatic carbocycles. The SMILES string of the molecule is COCC(O)CN(C)C(=O)N1CCC(CC(=O)O)CC1. The Bertz CT molecular complexity index is 329. The number of carboxylic acids is 1. The Hall–Kier alpha value is -1.34. The van der Waals surface area contributed by atoms with Gasteiger partial charge in [0.2, 0.25) is 0 Å². The van der Waals surface area contributed by atoms with E-state index in [1.807, 2.05) is 0 Å². The molecule has 0 spiro atoms. The summed E-state index contributed by atoms with van der Waals surface area (Å²) >= 11 is 0. The van der Waals surface area contributed by atoms with Crippen molar-refractivity contribution in [3.05, 3.63) is 0 Å². The molecule has 2 N–H and O–H groups in total. The highest BCUT2D eigenvalue weighted by Gasteiger charge is 2.26. The first-order valence-corrected chi connectivity index (χ1v) is 6.82. The Morgan fingerprint density at radius 2 is 2.00 bits per heavy atom. The van der Waals surface area contributed by atoms with Crippen LogP contribution in [0.1, 0.15) is 19.3 Å². The second-order valence-corrected chi connectivity index (χ2v) is 5.30. The third-order valence-corrected chi connectivity index (χ3v) is 3.52. The van der Waals surface area contributed by atoms with E-state index >= 15 is 0 Å². The summed E-state index contributed by atoms with van der Waals surface area (Å²) in [6.45, 7) is 1.56. The van der Waals surface area contributed by atoms with Crippen LogP contribution >= 0.6 is 0 Å². The Morgan fingerprint density at radius 3 is 2.50 bits per heavy atom. The van der Waals surface area contributed by atoms with E-state index in [9.17, 15) is 14.7 Å². The molecule has 20 heavy (non-hydrogen) atoms. The van der Waals surface area contributed by atoms with E-state index in [1.54, 1.807) is 11.9 Å². The molecule has 2 amide bonds. The molecule has 7 heteroatoms. The van der Waals surface area contributed by atoms with Crippen molar-refractivity contribution in [2.75, 3.05) is 40.4 Å². The number of urea groups is 1. The van der Waals surface area contributed by atoms with E-state index in [0.717, 1.165) is 0 Å². The van der Waals surface area contributed by atoms with Gasteiger partial charge in [-0.15, -0.1) is 0 Å². The summed E-state index contributed by atoms with van der Waals surface area (Å²) in [5.41, 5.74) is 0. The molecular formula is C13H24N2O5. The predicted octanol–water partition coefficient (Wildman–Crippen LogP) is 0.232. The second-order valence-electron chi connectivity index (χ2n) is 5.30. The van der Waals surface area contributed by atoms with Gasteiger partial charge in [0.25, 0.3) is 0 Å². The fourth-order valence-corrected chi connectivity index (χ4v) is 2.46. The number of likely N-dealkylation sites (N-methyl/N-ethyl adjacent to an activating group) is 1. The van der Waals surface area contributed by atoms with Crippen molar-refractivity contribution in [2.24, 2.45) is 5.92 Å². The number of aliphatic hydroxyl groups is 1. The lowest BCUT2D eigenvalue weighted by atomic mass is 9.94.